The van der Waals surface area contributed by atoms with Gasteiger partial charge in [-0.15, -0.1) is 0 Å². The molecule has 0 unspecified atom stereocenters. The number of hydrogen-bond donors (Lipinski definition) is 0. The van der Waals surface area contributed by atoms with Crippen LogP contribution in [0.1, 0.15) is 26.3 Å². The topological polar surface area (TPSA) is 41.9 Å². The quantitative estimate of drug-likeness (QED) is 0.702. The van der Waals surface area contributed by atoms with Gasteiger partial charge in [0, 0.05) is 0 Å². The summed E-state index contributed by atoms with van der Waals surface area (Å²) in [6, 6.07) is 17.3. The zero-order valence-corrected chi connectivity index (χ0v) is 16.0. The highest BCUT2D eigenvalue weighted by Crippen LogP contribution is 2.29. The maximum absolute atomic E-state index is 12.9. The van der Waals surface area contributed by atoms with Gasteiger partial charge in [-0.2, -0.15) is 0 Å². The molecule has 4 nitrogen and oxygen atoms in total. The minimum Gasteiger partial charge on any atom is -0.491 e. The Morgan fingerprint density at radius 2 is 1.81 bits per heavy atom. The number of para-hydroxylation sites is 1. The van der Waals surface area contributed by atoms with Crippen molar-refractivity contribution >= 4 is 34.6 Å². The van der Waals surface area contributed by atoms with Crippen LogP contribution >= 0.6 is 11.8 Å². The summed E-state index contributed by atoms with van der Waals surface area (Å²) in [6.45, 7) is 6.04. The Bertz CT molecular complexity index is 827. The normalized spacial score (nSPS) is 15.7. The Balaban J connectivity index is 1.88. The highest BCUT2D eigenvalue weighted by Gasteiger charge is 2.31. The number of amidine groups is 1. The second-order valence-electron chi connectivity index (χ2n) is 6.07. The van der Waals surface area contributed by atoms with E-state index in [9.17, 15) is 4.79 Å². The van der Waals surface area contributed by atoms with E-state index in [-0.39, 0.29) is 12.0 Å². The Morgan fingerprint density at radius 3 is 2.42 bits per heavy atom. The fourth-order valence-electron chi connectivity index (χ4n) is 2.60. The summed E-state index contributed by atoms with van der Waals surface area (Å²) in [6.07, 6.45) is 1.95. The van der Waals surface area contributed by atoms with E-state index < -0.39 is 0 Å². The third-order valence-electron chi connectivity index (χ3n) is 3.67. The largest absolute Gasteiger partial charge is 0.491 e. The smallest absolute Gasteiger partial charge is 0.283 e. The van der Waals surface area contributed by atoms with E-state index in [1.54, 1.807) is 16.7 Å². The molecule has 1 aliphatic rings. The molecular weight excluding hydrogens is 344 g/mol. The zero-order chi connectivity index (χ0) is 18.5. The van der Waals surface area contributed by atoms with Crippen LogP contribution in [-0.2, 0) is 4.79 Å². The second-order valence-corrected chi connectivity index (χ2v) is 7.30. The lowest BCUT2D eigenvalue weighted by Crippen LogP contribution is -2.30. The monoisotopic (exact) mass is 366 g/mol. The van der Waals surface area contributed by atoms with Crippen molar-refractivity contribution in [2.45, 2.75) is 26.9 Å². The fourth-order valence-corrected chi connectivity index (χ4v) is 3.34. The maximum Gasteiger partial charge on any atom is 0.283 e. The molecule has 2 aromatic rings. The van der Waals surface area contributed by atoms with Crippen molar-refractivity contribution in [3.05, 3.63) is 65.9 Å². The number of thioether (sulfide) groups is 1. The molecule has 0 bridgehead atoms. The number of ether oxygens (including phenoxy) is 1. The molecule has 0 fully saturated rings. The van der Waals surface area contributed by atoms with Crippen molar-refractivity contribution in [1.82, 2.24) is 0 Å². The molecule has 0 spiro atoms. The van der Waals surface area contributed by atoms with E-state index in [4.69, 9.17) is 4.74 Å². The summed E-state index contributed by atoms with van der Waals surface area (Å²) < 4.78 is 5.66. The van der Waals surface area contributed by atoms with E-state index in [2.05, 4.69) is 11.9 Å². The lowest BCUT2D eigenvalue weighted by molar-refractivity contribution is -0.113. The average molecular weight is 366 g/mol. The molecule has 26 heavy (non-hydrogen) atoms. The lowest BCUT2D eigenvalue weighted by atomic mass is 10.2. The van der Waals surface area contributed by atoms with Crippen LogP contribution in [0.2, 0.25) is 0 Å². The van der Waals surface area contributed by atoms with Crippen molar-refractivity contribution in [2.75, 3.05) is 10.7 Å². The summed E-state index contributed by atoms with van der Waals surface area (Å²) in [4.78, 5) is 19.2. The number of carbonyl (C=O) groups is 1. The molecule has 2 aromatic carbocycles. The number of nitrogens with zero attached hydrogens (tertiary/aromatic N) is 2. The van der Waals surface area contributed by atoms with E-state index in [0.29, 0.717) is 5.70 Å². The number of aliphatic imine (C=N–C) groups is 1. The SMILES string of the molecule is CCSC1=N/C(=C/c2ccc(OC(C)C)cc2)C(=O)N1c1ccccc1. The van der Waals surface area contributed by atoms with Crippen LogP contribution in [0.5, 0.6) is 5.75 Å². The Labute approximate surface area is 158 Å². The first-order chi connectivity index (χ1) is 12.6. The standard InChI is InChI=1S/C21H22N2O2S/c1-4-26-21-22-19(20(24)23(21)17-8-6-5-7-9-17)14-16-10-12-18(13-11-16)25-15(2)3/h5-15H,4H2,1-3H3/b19-14+. The van der Waals surface area contributed by atoms with Crippen LogP contribution in [0.4, 0.5) is 5.69 Å². The first kappa shape index (κ1) is 18.3. The summed E-state index contributed by atoms with van der Waals surface area (Å²) in [5, 5.41) is 0.717. The molecule has 3 rings (SSSR count). The van der Waals surface area contributed by atoms with Crippen molar-refractivity contribution in [3.8, 4) is 5.75 Å². The third kappa shape index (κ3) is 4.17. The van der Waals surface area contributed by atoms with Gasteiger partial charge >= 0.3 is 0 Å². The molecule has 5 heteroatoms. The van der Waals surface area contributed by atoms with Crippen molar-refractivity contribution in [3.63, 3.8) is 0 Å². The Hall–Kier alpha value is -2.53. The molecule has 1 heterocycles. The van der Waals surface area contributed by atoms with Gasteiger partial charge in [0.25, 0.3) is 5.91 Å². The summed E-state index contributed by atoms with van der Waals surface area (Å²) in [5.74, 6) is 1.57. The molecule has 0 radical (unpaired) electrons. The van der Waals surface area contributed by atoms with Gasteiger partial charge in [-0.3, -0.25) is 9.69 Å². The van der Waals surface area contributed by atoms with Gasteiger partial charge in [-0.25, -0.2) is 4.99 Å². The van der Waals surface area contributed by atoms with Gasteiger partial charge in [0.05, 0.1) is 11.8 Å². The summed E-state index contributed by atoms with van der Waals surface area (Å²) in [5.41, 5.74) is 2.20. The molecule has 0 saturated carbocycles. The number of amides is 1. The molecule has 0 saturated heterocycles. The van der Waals surface area contributed by atoms with Crippen LogP contribution in [0.15, 0.2) is 65.3 Å². The van der Waals surface area contributed by atoms with Crippen molar-refractivity contribution in [2.24, 2.45) is 4.99 Å². The van der Waals surface area contributed by atoms with E-state index in [1.807, 2.05) is 74.5 Å². The number of carbonyl (C=O) groups excluding carboxylic acids is 1. The van der Waals surface area contributed by atoms with E-state index in [1.165, 1.54) is 0 Å². The molecular formula is C21H22N2O2S. The average Bonchev–Trinajstić information content (AvgIpc) is 2.93. The molecule has 134 valence electrons. The van der Waals surface area contributed by atoms with Gasteiger partial charge < -0.3 is 4.74 Å². The predicted octanol–water partition coefficient (Wildman–Crippen LogP) is 4.97. The predicted molar refractivity (Wildman–Crippen MR) is 110 cm³/mol. The molecule has 0 atom stereocenters. The number of rotatable bonds is 5. The van der Waals surface area contributed by atoms with Crippen LogP contribution < -0.4 is 9.64 Å². The zero-order valence-electron chi connectivity index (χ0n) is 15.2. The Morgan fingerprint density at radius 1 is 1.12 bits per heavy atom. The first-order valence-corrected chi connectivity index (χ1v) is 9.66. The highest BCUT2D eigenvalue weighted by molar-refractivity contribution is 8.14. The minimum absolute atomic E-state index is 0.102. The number of hydrogen-bond acceptors (Lipinski definition) is 4. The van der Waals surface area contributed by atoms with Gasteiger partial charge in [-0.05, 0) is 55.5 Å². The molecule has 0 aliphatic carbocycles. The summed E-state index contributed by atoms with van der Waals surface area (Å²) in [7, 11) is 0. The van der Waals surface area contributed by atoms with Crippen LogP contribution in [0.3, 0.4) is 0 Å². The van der Waals surface area contributed by atoms with Gasteiger partial charge in [0.1, 0.15) is 11.4 Å². The highest BCUT2D eigenvalue weighted by atomic mass is 32.2. The van der Waals surface area contributed by atoms with Crippen LogP contribution in [0, 0.1) is 0 Å². The van der Waals surface area contributed by atoms with Gasteiger partial charge in [-0.1, -0.05) is 49.0 Å². The van der Waals surface area contributed by atoms with E-state index in [0.717, 1.165) is 27.9 Å². The molecule has 1 amide bonds. The van der Waals surface area contributed by atoms with E-state index >= 15 is 0 Å². The maximum atomic E-state index is 12.9. The van der Waals surface area contributed by atoms with Crippen LogP contribution in [0.25, 0.3) is 6.08 Å². The molecule has 1 aliphatic heterocycles. The van der Waals surface area contributed by atoms with Crippen molar-refractivity contribution in [1.29, 1.82) is 0 Å². The minimum atomic E-state index is -0.102. The number of benzene rings is 2. The van der Waals surface area contributed by atoms with Gasteiger partial charge in [0.2, 0.25) is 0 Å². The first-order valence-electron chi connectivity index (χ1n) is 8.68. The fraction of sp³-hybridized carbons (Fsp3) is 0.238. The van der Waals surface area contributed by atoms with Crippen molar-refractivity contribution < 1.29 is 9.53 Å². The molecule has 0 N–H and O–H groups in total. The van der Waals surface area contributed by atoms with Crippen LogP contribution in [-0.4, -0.2) is 22.9 Å². The van der Waals surface area contributed by atoms with Gasteiger partial charge in [0.15, 0.2) is 5.17 Å². The Kier molecular flexibility index (Phi) is 5.78. The molecule has 0 aromatic heterocycles. The summed E-state index contributed by atoms with van der Waals surface area (Å²) >= 11 is 1.56. The lowest BCUT2D eigenvalue weighted by Gasteiger charge is -2.17. The number of anilines is 1. The third-order valence-corrected chi connectivity index (χ3v) is 4.49. The second kappa shape index (κ2) is 8.23.